The molecule has 2 fully saturated rings. The summed E-state index contributed by atoms with van der Waals surface area (Å²) in [6.07, 6.45) is 2.40. The zero-order valence-corrected chi connectivity index (χ0v) is 15.7. The molecule has 2 aliphatic heterocycles. The smallest absolute Gasteiger partial charge is 0.308 e. The van der Waals surface area contributed by atoms with E-state index in [0.29, 0.717) is 50.9 Å². The number of amides is 1. The molecule has 27 heavy (non-hydrogen) atoms. The number of rotatable bonds is 5. The lowest BCUT2D eigenvalue weighted by Crippen LogP contribution is -2.59. The molecule has 6 nitrogen and oxygen atoms in total. The first-order chi connectivity index (χ1) is 12.9. The lowest BCUT2D eigenvalue weighted by atomic mass is 9.89. The van der Waals surface area contributed by atoms with Crippen LogP contribution in [0.2, 0.25) is 0 Å². The highest BCUT2D eigenvalue weighted by atomic mass is 19.1. The highest BCUT2D eigenvalue weighted by Gasteiger charge is 2.44. The van der Waals surface area contributed by atoms with Crippen molar-refractivity contribution in [1.29, 1.82) is 0 Å². The number of β-amino-alcohol motifs (C(OH)–C–C–N with tert-alkyl or cyclic N) is 1. The Balaban J connectivity index is 1.61. The molecule has 148 valence electrons. The van der Waals surface area contributed by atoms with Crippen molar-refractivity contribution in [2.75, 3.05) is 33.3 Å². The Morgan fingerprint density at radius 3 is 2.67 bits per heavy atom. The lowest BCUT2D eigenvalue weighted by molar-refractivity contribution is -0.161. The summed E-state index contributed by atoms with van der Waals surface area (Å²) < 4.78 is 18.7. The van der Waals surface area contributed by atoms with Gasteiger partial charge < -0.3 is 14.7 Å². The number of likely N-dealkylation sites (tertiary alicyclic amines) is 2. The van der Waals surface area contributed by atoms with E-state index in [1.165, 1.54) is 13.2 Å². The molecule has 1 N–H and O–H groups in total. The summed E-state index contributed by atoms with van der Waals surface area (Å²) in [6.45, 7) is 2.21. The first-order valence-corrected chi connectivity index (χ1v) is 9.48. The van der Waals surface area contributed by atoms with Crippen molar-refractivity contribution in [3.63, 3.8) is 0 Å². The van der Waals surface area contributed by atoms with E-state index in [0.717, 1.165) is 0 Å². The Labute approximate surface area is 158 Å². The molecule has 2 aliphatic rings. The molecule has 1 aromatic carbocycles. The zero-order valence-electron chi connectivity index (χ0n) is 15.7. The normalized spacial score (nSPS) is 24.9. The predicted molar refractivity (Wildman–Crippen MR) is 97.2 cm³/mol. The van der Waals surface area contributed by atoms with Crippen LogP contribution in [0, 0.1) is 11.7 Å². The maximum Gasteiger partial charge on any atom is 0.308 e. The molecular weight excluding hydrogens is 351 g/mol. The van der Waals surface area contributed by atoms with Crippen LogP contribution >= 0.6 is 0 Å². The minimum atomic E-state index is -1.46. The average Bonchev–Trinajstić information content (AvgIpc) is 2.67. The number of carbonyl (C=O) groups excluding carboxylic acids is 2. The van der Waals surface area contributed by atoms with E-state index in [9.17, 15) is 19.1 Å². The van der Waals surface area contributed by atoms with E-state index in [1.807, 2.05) is 4.90 Å². The number of benzene rings is 1. The number of methoxy groups -OCH3 is 1. The Kier molecular flexibility index (Phi) is 6.11. The van der Waals surface area contributed by atoms with Crippen molar-refractivity contribution in [2.24, 2.45) is 5.92 Å². The molecule has 2 heterocycles. The van der Waals surface area contributed by atoms with Crippen LogP contribution < -0.4 is 0 Å². The molecule has 1 atom stereocenters. The van der Waals surface area contributed by atoms with Crippen molar-refractivity contribution in [3.05, 3.63) is 35.6 Å². The number of esters is 1. The van der Waals surface area contributed by atoms with Crippen LogP contribution in [0.3, 0.4) is 0 Å². The molecule has 0 spiro atoms. The Morgan fingerprint density at radius 2 is 2.00 bits per heavy atom. The highest BCUT2D eigenvalue weighted by Crippen LogP contribution is 2.28. The maximum absolute atomic E-state index is 13.9. The van der Waals surface area contributed by atoms with Gasteiger partial charge in [0.2, 0.25) is 0 Å². The van der Waals surface area contributed by atoms with Crippen LogP contribution in [-0.2, 0) is 20.9 Å². The van der Waals surface area contributed by atoms with Crippen molar-refractivity contribution in [1.82, 2.24) is 9.80 Å². The van der Waals surface area contributed by atoms with Gasteiger partial charge in [0.05, 0.1) is 13.0 Å². The Hall–Kier alpha value is -1.99. The van der Waals surface area contributed by atoms with Gasteiger partial charge in [0, 0.05) is 25.2 Å². The summed E-state index contributed by atoms with van der Waals surface area (Å²) >= 11 is 0. The molecule has 3 rings (SSSR count). The van der Waals surface area contributed by atoms with E-state index >= 15 is 0 Å². The third-order valence-electron chi connectivity index (χ3n) is 5.63. The monoisotopic (exact) mass is 378 g/mol. The number of hydrogen-bond acceptors (Lipinski definition) is 5. The van der Waals surface area contributed by atoms with E-state index in [1.54, 1.807) is 23.1 Å². The topological polar surface area (TPSA) is 70.1 Å². The van der Waals surface area contributed by atoms with Crippen LogP contribution in [0.1, 0.15) is 31.2 Å². The highest BCUT2D eigenvalue weighted by molar-refractivity contribution is 5.86. The molecule has 0 unspecified atom stereocenters. The standard InChI is InChI=1S/C20H27FN2O4/c1-27-18(24)15-7-11-22(12-8-15)14-20(26)9-4-10-23(19(20)25)13-16-5-2-3-6-17(16)21/h2-3,5-6,15,26H,4,7-14H2,1H3/t20-/m1/s1. The summed E-state index contributed by atoms with van der Waals surface area (Å²) in [5, 5.41) is 11.0. The number of piperidine rings is 2. The van der Waals surface area contributed by atoms with Crippen molar-refractivity contribution in [2.45, 2.75) is 37.8 Å². The second-order valence-corrected chi connectivity index (χ2v) is 7.53. The number of aliphatic hydroxyl groups is 1. The maximum atomic E-state index is 13.9. The van der Waals surface area contributed by atoms with Crippen LogP contribution in [0.15, 0.2) is 24.3 Å². The van der Waals surface area contributed by atoms with Gasteiger partial charge in [0.1, 0.15) is 5.82 Å². The van der Waals surface area contributed by atoms with Gasteiger partial charge in [-0.2, -0.15) is 0 Å². The minimum absolute atomic E-state index is 0.111. The van der Waals surface area contributed by atoms with Crippen LogP contribution in [0.4, 0.5) is 4.39 Å². The quantitative estimate of drug-likeness (QED) is 0.788. The van der Waals surface area contributed by atoms with Crippen molar-refractivity contribution in [3.8, 4) is 0 Å². The van der Waals surface area contributed by atoms with Gasteiger partial charge in [-0.1, -0.05) is 18.2 Å². The number of hydrogen-bond donors (Lipinski definition) is 1. The lowest BCUT2D eigenvalue weighted by Gasteiger charge is -2.42. The predicted octanol–water partition coefficient (Wildman–Crippen LogP) is 1.56. The third kappa shape index (κ3) is 4.47. The van der Waals surface area contributed by atoms with Gasteiger partial charge in [-0.05, 0) is 44.8 Å². The summed E-state index contributed by atoms with van der Waals surface area (Å²) in [5.74, 6) is -0.991. The molecule has 0 aromatic heterocycles. The van der Waals surface area contributed by atoms with Gasteiger partial charge >= 0.3 is 5.97 Å². The van der Waals surface area contributed by atoms with Gasteiger partial charge in [0.25, 0.3) is 5.91 Å². The number of carbonyl (C=O) groups is 2. The largest absolute Gasteiger partial charge is 0.469 e. The third-order valence-corrected chi connectivity index (χ3v) is 5.63. The van der Waals surface area contributed by atoms with Crippen molar-refractivity contribution >= 4 is 11.9 Å². The minimum Gasteiger partial charge on any atom is -0.469 e. The molecule has 0 radical (unpaired) electrons. The first-order valence-electron chi connectivity index (χ1n) is 9.48. The second kappa shape index (κ2) is 8.35. The van der Waals surface area contributed by atoms with Gasteiger partial charge in [-0.15, -0.1) is 0 Å². The Bertz CT molecular complexity index is 690. The van der Waals surface area contributed by atoms with Gasteiger partial charge in [0.15, 0.2) is 5.60 Å². The van der Waals surface area contributed by atoms with E-state index < -0.39 is 5.60 Å². The van der Waals surface area contributed by atoms with Crippen LogP contribution in [-0.4, -0.2) is 65.7 Å². The summed E-state index contributed by atoms with van der Waals surface area (Å²) in [4.78, 5) is 28.1. The fraction of sp³-hybridized carbons (Fsp3) is 0.600. The molecule has 0 bridgehead atoms. The summed E-state index contributed by atoms with van der Waals surface area (Å²) in [7, 11) is 1.39. The SMILES string of the molecule is COC(=O)C1CCN(C[C@]2(O)CCCN(Cc3ccccc3F)C2=O)CC1. The summed E-state index contributed by atoms with van der Waals surface area (Å²) in [6, 6.07) is 6.39. The van der Waals surface area contributed by atoms with Gasteiger partial charge in [-0.25, -0.2) is 4.39 Å². The van der Waals surface area contributed by atoms with Crippen molar-refractivity contribution < 1.29 is 23.8 Å². The number of nitrogens with zero attached hydrogens (tertiary/aromatic N) is 2. The molecule has 0 aliphatic carbocycles. The molecule has 7 heteroatoms. The first kappa shape index (κ1) is 19.8. The molecule has 1 amide bonds. The number of ether oxygens (including phenoxy) is 1. The average molecular weight is 378 g/mol. The molecule has 2 saturated heterocycles. The van der Waals surface area contributed by atoms with Gasteiger partial charge in [-0.3, -0.25) is 14.5 Å². The molecular formula is C20H27FN2O4. The Morgan fingerprint density at radius 1 is 1.30 bits per heavy atom. The fourth-order valence-corrected chi connectivity index (χ4v) is 4.06. The van der Waals surface area contributed by atoms with Crippen LogP contribution in [0.25, 0.3) is 0 Å². The fourth-order valence-electron chi connectivity index (χ4n) is 4.06. The summed E-state index contributed by atoms with van der Waals surface area (Å²) in [5.41, 5.74) is -1.00. The number of halogens is 1. The van der Waals surface area contributed by atoms with E-state index in [2.05, 4.69) is 0 Å². The zero-order chi connectivity index (χ0) is 19.4. The molecule has 0 saturated carbocycles. The second-order valence-electron chi connectivity index (χ2n) is 7.53. The van der Waals surface area contributed by atoms with E-state index in [-0.39, 0.29) is 36.7 Å². The van der Waals surface area contributed by atoms with E-state index in [4.69, 9.17) is 4.74 Å². The van der Waals surface area contributed by atoms with Crippen LogP contribution in [0.5, 0.6) is 0 Å². The molecule has 1 aromatic rings.